The van der Waals surface area contributed by atoms with E-state index >= 15 is 0 Å². The van der Waals surface area contributed by atoms with Gasteiger partial charge in [0.1, 0.15) is 10.6 Å². The number of carbonyl (C=O) groups is 1. The lowest BCUT2D eigenvalue weighted by Crippen LogP contribution is -1.97. The highest BCUT2D eigenvalue weighted by atomic mass is 32.1. The Morgan fingerprint density at radius 1 is 1.33 bits per heavy atom. The first-order chi connectivity index (χ1) is 8.67. The number of esters is 1. The van der Waals surface area contributed by atoms with Crippen LogP contribution in [0.15, 0.2) is 24.5 Å². The number of imidazole rings is 1. The van der Waals surface area contributed by atoms with Crippen molar-refractivity contribution in [1.29, 1.82) is 0 Å². The van der Waals surface area contributed by atoms with Crippen LogP contribution in [0.2, 0.25) is 0 Å². The lowest BCUT2D eigenvalue weighted by Gasteiger charge is -1.91. The van der Waals surface area contributed by atoms with Gasteiger partial charge >= 0.3 is 5.97 Å². The van der Waals surface area contributed by atoms with E-state index in [4.69, 9.17) is 0 Å². The molecule has 3 aromatic heterocycles. The van der Waals surface area contributed by atoms with E-state index in [2.05, 4.69) is 28.8 Å². The van der Waals surface area contributed by atoms with Gasteiger partial charge in [-0.05, 0) is 19.1 Å². The molecule has 92 valence electrons. The van der Waals surface area contributed by atoms with Crippen LogP contribution in [-0.2, 0) is 4.74 Å². The van der Waals surface area contributed by atoms with Crippen molar-refractivity contribution in [3.63, 3.8) is 0 Å². The lowest BCUT2D eigenvalue weighted by atomic mass is 10.4. The molecular formula is C12H10N2O2S2. The van der Waals surface area contributed by atoms with Crippen molar-refractivity contribution in [1.82, 2.24) is 9.38 Å². The van der Waals surface area contributed by atoms with Crippen LogP contribution in [0.1, 0.15) is 14.5 Å². The van der Waals surface area contributed by atoms with Crippen LogP contribution in [0, 0.1) is 6.92 Å². The summed E-state index contributed by atoms with van der Waals surface area (Å²) in [5.74, 6) is -0.320. The summed E-state index contributed by atoms with van der Waals surface area (Å²) >= 11 is 3.05. The number of aryl methyl sites for hydroxylation is 1. The molecule has 0 bridgehead atoms. The summed E-state index contributed by atoms with van der Waals surface area (Å²) in [7, 11) is 1.38. The van der Waals surface area contributed by atoms with Gasteiger partial charge in [0.05, 0.1) is 12.0 Å². The van der Waals surface area contributed by atoms with E-state index in [1.807, 2.05) is 10.6 Å². The predicted molar refractivity (Wildman–Crippen MR) is 72.5 cm³/mol. The first-order valence-electron chi connectivity index (χ1n) is 5.31. The Bertz CT molecular complexity index is 692. The highest BCUT2D eigenvalue weighted by Crippen LogP contribution is 2.29. The Morgan fingerprint density at radius 3 is 2.78 bits per heavy atom. The maximum absolute atomic E-state index is 11.4. The van der Waals surface area contributed by atoms with Gasteiger partial charge in [-0.2, -0.15) is 0 Å². The quantitative estimate of drug-likeness (QED) is 0.676. The summed E-state index contributed by atoms with van der Waals surface area (Å²) in [5, 5.41) is 0. The largest absolute Gasteiger partial charge is 0.465 e. The Hall–Kier alpha value is -1.66. The smallest absolute Gasteiger partial charge is 0.349 e. The molecule has 0 aromatic carbocycles. The molecule has 6 heteroatoms. The van der Waals surface area contributed by atoms with Crippen molar-refractivity contribution < 1.29 is 9.53 Å². The van der Waals surface area contributed by atoms with Gasteiger partial charge < -0.3 is 4.74 Å². The van der Waals surface area contributed by atoms with Crippen LogP contribution in [0.5, 0.6) is 0 Å². The lowest BCUT2D eigenvalue weighted by molar-refractivity contribution is 0.0606. The number of thiophene rings is 1. The average Bonchev–Trinajstić information content (AvgIpc) is 3.00. The second-order valence-electron chi connectivity index (χ2n) is 3.81. The summed E-state index contributed by atoms with van der Waals surface area (Å²) < 4.78 is 6.55. The van der Waals surface area contributed by atoms with Gasteiger partial charge in [0.15, 0.2) is 4.96 Å². The molecule has 18 heavy (non-hydrogen) atoms. The van der Waals surface area contributed by atoms with E-state index in [0.717, 1.165) is 15.5 Å². The minimum Gasteiger partial charge on any atom is -0.465 e. The first-order valence-corrected chi connectivity index (χ1v) is 6.94. The van der Waals surface area contributed by atoms with E-state index in [1.165, 1.54) is 23.3 Å². The number of rotatable bonds is 2. The maximum Gasteiger partial charge on any atom is 0.349 e. The molecule has 0 unspecified atom stereocenters. The third-order valence-corrected chi connectivity index (χ3v) is 4.54. The molecule has 0 atom stereocenters. The minimum absolute atomic E-state index is 0.320. The first kappa shape index (κ1) is 11.4. The molecule has 0 amide bonds. The number of fused-ring (bicyclic) bond motifs is 1. The molecule has 4 nitrogen and oxygen atoms in total. The second-order valence-corrected chi connectivity index (χ2v) is 6.11. The van der Waals surface area contributed by atoms with Gasteiger partial charge in [0.25, 0.3) is 0 Å². The van der Waals surface area contributed by atoms with E-state index in [-0.39, 0.29) is 5.97 Å². The Kier molecular flexibility index (Phi) is 2.68. The summed E-state index contributed by atoms with van der Waals surface area (Å²) in [6, 6.07) is 4.14. The number of nitrogens with zero attached hydrogens (tertiary/aromatic N) is 2. The van der Waals surface area contributed by atoms with Crippen molar-refractivity contribution in [3.8, 4) is 10.6 Å². The zero-order valence-corrected chi connectivity index (χ0v) is 11.5. The van der Waals surface area contributed by atoms with Gasteiger partial charge in [-0.1, -0.05) is 11.3 Å². The standard InChI is InChI=1S/C12H10N2O2S2/c1-7-3-4-9(17-7)8-5-14-6-10(11(15)16-2)18-12(14)13-8/h3-6H,1-2H3. The van der Waals surface area contributed by atoms with E-state index in [9.17, 15) is 4.79 Å². The van der Waals surface area contributed by atoms with E-state index < -0.39 is 0 Å². The predicted octanol–water partition coefficient (Wildman–Crippen LogP) is 3.22. The normalized spacial score (nSPS) is 11.0. The molecule has 3 heterocycles. The summed E-state index contributed by atoms with van der Waals surface area (Å²) in [5.41, 5.74) is 0.941. The average molecular weight is 278 g/mol. The third kappa shape index (κ3) is 1.83. The summed E-state index contributed by atoms with van der Waals surface area (Å²) in [6.07, 6.45) is 3.69. The molecule has 0 radical (unpaired) electrons. The zero-order valence-electron chi connectivity index (χ0n) is 9.84. The van der Waals surface area contributed by atoms with Crippen molar-refractivity contribution in [2.45, 2.75) is 6.92 Å². The van der Waals surface area contributed by atoms with Gasteiger partial charge in [0.2, 0.25) is 0 Å². The Balaban J connectivity index is 2.03. The fourth-order valence-corrected chi connectivity index (χ4v) is 3.39. The Labute approximate surface area is 111 Å². The number of hydrogen-bond donors (Lipinski definition) is 0. The van der Waals surface area contributed by atoms with Crippen molar-refractivity contribution >= 4 is 33.6 Å². The summed E-state index contributed by atoms with van der Waals surface area (Å²) in [4.78, 5) is 19.7. The van der Waals surface area contributed by atoms with Gasteiger partial charge in [0, 0.05) is 17.3 Å². The van der Waals surface area contributed by atoms with Crippen molar-refractivity contribution in [2.24, 2.45) is 0 Å². The molecule has 0 fully saturated rings. The van der Waals surface area contributed by atoms with Crippen molar-refractivity contribution in [3.05, 3.63) is 34.3 Å². The van der Waals surface area contributed by atoms with Gasteiger partial charge in [-0.25, -0.2) is 9.78 Å². The number of aromatic nitrogens is 2. The van der Waals surface area contributed by atoms with Crippen LogP contribution >= 0.6 is 22.7 Å². The fraction of sp³-hybridized carbons (Fsp3) is 0.167. The molecule has 0 saturated heterocycles. The number of ether oxygens (including phenoxy) is 1. The van der Waals surface area contributed by atoms with Gasteiger partial charge in [-0.15, -0.1) is 11.3 Å². The maximum atomic E-state index is 11.4. The number of thiazole rings is 1. The second kappa shape index (κ2) is 4.22. The molecule has 3 rings (SSSR count). The molecule has 3 aromatic rings. The number of hydrogen-bond acceptors (Lipinski definition) is 5. The van der Waals surface area contributed by atoms with E-state index in [0.29, 0.717) is 4.88 Å². The van der Waals surface area contributed by atoms with Gasteiger partial charge in [-0.3, -0.25) is 4.40 Å². The SMILES string of the molecule is COC(=O)c1cn2cc(-c3ccc(C)s3)nc2s1. The molecule has 0 aliphatic rings. The third-order valence-electron chi connectivity index (χ3n) is 2.54. The van der Waals surface area contributed by atoms with Crippen LogP contribution in [0.25, 0.3) is 15.5 Å². The topological polar surface area (TPSA) is 43.6 Å². The summed E-state index contributed by atoms with van der Waals surface area (Å²) in [6.45, 7) is 2.07. The molecule has 0 spiro atoms. The Morgan fingerprint density at radius 2 is 2.17 bits per heavy atom. The van der Waals surface area contributed by atoms with Crippen molar-refractivity contribution in [2.75, 3.05) is 7.11 Å². The minimum atomic E-state index is -0.320. The molecule has 0 saturated carbocycles. The molecular weight excluding hydrogens is 268 g/mol. The number of methoxy groups -OCH3 is 1. The van der Waals surface area contributed by atoms with E-state index in [1.54, 1.807) is 17.5 Å². The number of carbonyl (C=O) groups excluding carboxylic acids is 1. The fourth-order valence-electron chi connectivity index (χ4n) is 1.68. The monoisotopic (exact) mass is 278 g/mol. The van der Waals surface area contributed by atoms with Crippen LogP contribution in [0.4, 0.5) is 0 Å². The van der Waals surface area contributed by atoms with Crippen LogP contribution in [-0.4, -0.2) is 22.5 Å². The van der Waals surface area contributed by atoms with Crippen LogP contribution < -0.4 is 0 Å². The highest BCUT2D eigenvalue weighted by molar-refractivity contribution is 7.19. The zero-order chi connectivity index (χ0) is 12.7. The van der Waals surface area contributed by atoms with Crippen LogP contribution in [0.3, 0.4) is 0 Å². The highest BCUT2D eigenvalue weighted by Gasteiger charge is 2.13. The molecule has 0 N–H and O–H groups in total. The molecule has 0 aliphatic carbocycles. The molecule has 0 aliphatic heterocycles.